The van der Waals surface area contributed by atoms with E-state index in [1.54, 1.807) is 29.3 Å². The minimum absolute atomic E-state index is 0.110. The van der Waals surface area contributed by atoms with E-state index in [1.807, 2.05) is 32.0 Å². The van der Waals surface area contributed by atoms with Crippen LogP contribution < -0.4 is 14.4 Å². The molecule has 7 nitrogen and oxygen atoms in total. The molecule has 2 unspecified atom stereocenters. The smallest absolute Gasteiger partial charge is 0.258 e. The summed E-state index contributed by atoms with van der Waals surface area (Å²) < 4.78 is 26.1. The molecule has 0 bridgehead atoms. The van der Waals surface area contributed by atoms with Crippen LogP contribution in [0.25, 0.3) is 11.3 Å². The van der Waals surface area contributed by atoms with Gasteiger partial charge in [0.25, 0.3) is 5.91 Å². The van der Waals surface area contributed by atoms with Gasteiger partial charge in [0.05, 0.1) is 11.3 Å². The van der Waals surface area contributed by atoms with Crippen molar-refractivity contribution in [1.82, 2.24) is 14.9 Å². The molecule has 1 saturated carbocycles. The molecule has 1 saturated heterocycles. The number of hydrogen-bond donors (Lipinski definition) is 0. The van der Waals surface area contributed by atoms with Crippen molar-refractivity contribution < 1.29 is 18.7 Å². The van der Waals surface area contributed by atoms with Gasteiger partial charge < -0.3 is 19.3 Å². The molecule has 39 heavy (non-hydrogen) atoms. The van der Waals surface area contributed by atoms with Crippen molar-refractivity contribution in [1.29, 1.82) is 0 Å². The van der Waals surface area contributed by atoms with Crippen LogP contribution in [0.2, 0.25) is 0 Å². The van der Waals surface area contributed by atoms with Crippen molar-refractivity contribution in [2.24, 2.45) is 11.8 Å². The third-order valence-corrected chi connectivity index (χ3v) is 8.38. The Labute approximate surface area is 229 Å². The van der Waals surface area contributed by atoms with Gasteiger partial charge in [0, 0.05) is 37.4 Å². The zero-order chi connectivity index (χ0) is 26.9. The second-order valence-electron chi connectivity index (χ2n) is 11.2. The molecule has 2 fully saturated rings. The Morgan fingerprint density at radius 3 is 2.69 bits per heavy atom. The number of anilines is 1. The lowest BCUT2D eigenvalue weighted by atomic mass is 9.75. The number of fused-ring (bicyclic) bond motifs is 2. The van der Waals surface area contributed by atoms with E-state index >= 15 is 4.39 Å². The first kappa shape index (κ1) is 25.6. The lowest BCUT2D eigenvalue weighted by Crippen LogP contribution is -2.42. The summed E-state index contributed by atoms with van der Waals surface area (Å²) in [7, 11) is 0. The summed E-state index contributed by atoms with van der Waals surface area (Å²) in [5, 5.41) is 0. The summed E-state index contributed by atoms with van der Waals surface area (Å²) in [6.45, 7) is 6.29. The van der Waals surface area contributed by atoms with Gasteiger partial charge in [0.2, 0.25) is 12.7 Å². The molecule has 1 aliphatic carbocycles. The normalized spacial score (nSPS) is 20.2. The van der Waals surface area contributed by atoms with Crippen LogP contribution in [0.15, 0.2) is 48.7 Å². The fourth-order valence-electron chi connectivity index (χ4n) is 6.20. The van der Waals surface area contributed by atoms with Crippen molar-refractivity contribution in [3.63, 3.8) is 0 Å². The first-order chi connectivity index (χ1) is 19.0. The van der Waals surface area contributed by atoms with Crippen LogP contribution in [0.4, 0.5) is 10.3 Å². The van der Waals surface area contributed by atoms with E-state index in [4.69, 9.17) is 14.5 Å². The van der Waals surface area contributed by atoms with Gasteiger partial charge in [-0.15, -0.1) is 0 Å². The average Bonchev–Trinajstić information content (AvgIpc) is 3.43. The Kier molecular flexibility index (Phi) is 7.11. The molecule has 3 heterocycles. The fraction of sp³-hybridized carbons (Fsp3) is 0.452. The summed E-state index contributed by atoms with van der Waals surface area (Å²) in [6.07, 6.45) is 7.86. The number of hydrogen-bond acceptors (Lipinski definition) is 6. The fourth-order valence-corrected chi connectivity index (χ4v) is 6.20. The number of halogens is 1. The molecule has 0 N–H and O–H groups in total. The minimum atomic E-state index is -0.408. The number of carbonyl (C=O) groups excluding carboxylic acids is 1. The molecular weight excluding hydrogens is 495 g/mol. The highest BCUT2D eigenvalue weighted by Gasteiger charge is 2.33. The van der Waals surface area contributed by atoms with E-state index in [-0.39, 0.29) is 18.7 Å². The molecular formula is C31H35FN4O3. The van der Waals surface area contributed by atoms with Crippen LogP contribution in [-0.4, -0.2) is 46.7 Å². The quantitative estimate of drug-likeness (QED) is 0.385. The largest absolute Gasteiger partial charge is 0.454 e. The molecule has 0 spiro atoms. The first-order valence-corrected chi connectivity index (χ1v) is 14.0. The van der Waals surface area contributed by atoms with E-state index in [0.717, 1.165) is 31.0 Å². The summed E-state index contributed by atoms with van der Waals surface area (Å²) in [4.78, 5) is 27.6. The Morgan fingerprint density at radius 2 is 1.87 bits per heavy atom. The van der Waals surface area contributed by atoms with Crippen molar-refractivity contribution in [3.05, 3.63) is 65.6 Å². The Bertz CT molecular complexity index is 1360. The van der Waals surface area contributed by atoms with E-state index < -0.39 is 5.82 Å². The number of nitrogens with zero attached hydrogens (tertiary/aromatic N) is 4. The van der Waals surface area contributed by atoms with E-state index in [2.05, 4.69) is 9.88 Å². The standard InChI is InChI=1S/C31H35FN4O3/c1-20(2)36(17-21-11-12-27-28(15-21)39-19-38-27)30(37)25-16-33-31(34-29(25)24-9-5-6-10-26(24)32)35-14-13-22-7-3-4-8-23(22)18-35/h5-6,9-12,15-16,20,22-23H,3-4,7-8,13-14,17-19H2,1-2H3. The van der Waals surface area contributed by atoms with Crippen LogP contribution in [0.3, 0.4) is 0 Å². The maximum Gasteiger partial charge on any atom is 0.258 e. The number of benzene rings is 2. The van der Waals surface area contributed by atoms with Crippen LogP contribution in [0, 0.1) is 17.7 Å². The molecule has 2 aliphatic heterocycles. The molecule has 204 valence electrons. The second kappa shape index (κ2) is 10.8. The maximum absolute atomic E-state index is 15.1. The number of carbonyl (C=O) groups is 1. The monoisotopic (exact) mass is 530 g/mol. The van der Waals surface area contributed by atoms with Crippen LogP contribution in [0.1, 0.15) is 61.9 Å². The van der Waals surface area contributed by atoms with E-state index in [0.29, 0.717) is 46.7 Å². The number of aromatic nitrogens is 2. The van der Waals surface area contributed by atoms with Crippen molar-refractivity contribution in [3.8, 4) is 22.8 Å². The number of amides is 1. The Hall–Kier alpha value is -3.68. The lowest BCUT2D eigenvalue weighted by molar-refractivity contribution is 0.0690. The molecule has 6 rings (SSSR count). The summed E-state index contributed by atoms with van der Waals surface area (Å²) in [5.41, 5.74) is 1.86. The Balaban J connectivity index is 1.33. The van der Waals surface area contributed by atoms with Crippen LogP contribution in [0.5, 0.6) is 11.5 Å². The Morgan fingerprint density at radius 1 is 1.08 bits per heavy atom. The van der Waals surface area contributed by atoms with Gasteiger partial charge in [-0.05, 0) is 68.4 Å². The van der Waals surface area contributed by atoms with Gasteiger partial charge in [-0.2, -0.15) is 0 Å². The number of ether oxygens (including phenoxy) is 2. The van der Waals surface area contributed by atoms with Gasteiger partial charge in [-0.25, -0.2) is 14.4 Å². The second-order valence-corrected chi connectivity index (χ2v) is 11.2. The topological polar surface area (TPSA) is 67.8 Å². The average molecular weight is 531 g/mol. The zero-order valence-corrected chi connectivity index (χ0v) is 22.6. The predicted molar refractivity (Wildman–Crippen MR) is 147 cm³/mol. The minimum Gasteiger partial charge on any atom is -0.454 e. The predicted octanol–water partition coefficient (Wildman–Crippen LogP) is 6.08. The summed E-state index contributed by atoms with van der Waals surface area (Å²) >= 11 is 0. The highest BCUT2D eigenvalue weighted by Crippen LogP contribution is 2.38. The van der Waals surface area contributed by atoms with Gasteiger partial charge in [0.1, 0.15) is 5.82 Å². The first-order valence-electron chi connectivity index (χ1n) is 14.0. The molecule has 3 aliphatic rings. The third kappa shape index (κ3) is 5.16. The molecule has 3 aromatic rings. The van der Waals surface area contributed by atoms with Gasteiger partial charge >= 0.3 is 0 Å². The van der Waals surface area contributed by atoms with Crippen molar-refractivity contribution in [2.75, 3.05) is 24.8 Å². The van der Waals surface area contributed by atoms with Gasteiger partial charge in [-0.1, -0.05) is 37.5 Å². The molecule has 0 radical (unpaired) electrons. The lowest BCUT2D eigenvalue weighted by Gasteiger charge is -2.41. The molecule has 2 aromatic carbocycles. The van der Waals surface area contributed by atoms with Gasteiger partial charge in [-0.3, -0.25) is 4.79 Å². The highest BCUT2D eigenvalue weighted by atomic mass is 19.1. The van der Waals surface area contributed by atoms with Crippen LogP contribution in [-0.2, 0) is 6.54 Å². The van der Waals surface area contributed by atoms with E-state index in [9.17, 15) is 4.79 Å². The van der Waals surface area contributed by atoms with Crippen LogP contribution >= 0.6 is 0 Å². The van der Waals surface area contributed by atoms with Gasteiger partial charge in [0.15, 0.2) is 11.5 Å². The number of rotatable bonds is 6. The summed E-state index contributed by atoms with van der Waals surface area (Å²) in [6, 6.07) is 12.1. The van der Waals surface area contributed by atoms with Crippen molar-refractivity contribution in [2.45, 2.75) is 58.5 Å². The zero-order valence-electron chi connectivity index (χ0n) is 22.6. The molecule has 8 heteroatoms. The van der Waals surface area contributed by atoms with E-state index in [1.165, 1.54) is 31.7 Å². The van der Waals surface area contributed by atoms with Crippen molar-refractivity contribution >= 4 is 11.9 Å². The molecule has 1 aromatic heterocycles. The third-order valence-electron chi connectivity index (χ3n) is 8.38. The molecule has 1 amide bonds. The number of piperidine rings is 1. The maximum atomic E-state index is 15.1. The molecule has 2 atom stereocenters. The summed E-state index contributed by atoms with van der Waals surface area (Å²) in [5.74, 6) is 2.72. The highest BCUT2D eigenvalue weighted by molar-refractivity contribution is 6.00. The SMILES string of the molecule is CC(C)N(Cc1ccc2c(c1)OCO2)C(=O)c1cnc(N2CCC3CCCCC3C2)nc1-c1ccccc1F.